The Bertz CT molecular complexity index is 377. The third-order valence-corrected chi connectivity index (χ3v) is 2.22. The molecule has 72 valence electrons. The van der Waals surface area contributed by atoms with E-state index in [-0.39, 0.29) is 0 Å². The van der Waals surface area contributed by atoms with Crippen molar-refractivity contribution >= 4 is 0 Å². The van der Waals surface area contributed by atoms with Crippen molar-refractivity contribution in [2.75, 3.05) is 0 Å². The minimum Gasteiger partial charge on any atom is -0.234 e. The van der Waals surface area contributed by atoms with E-state index in [1.165, 1.54) is 0 Å². The van der Waals surface area contributed by atoms with E-state index in [4.69, 9.17) is 10.5 Å². The monoisotopic (exact) mass is 189 g/mol. The quantitative estimate of drug-likeness (QED) is 0.664. The average molecular weight is 189 g/mol. The summed E-state index contributed by atoms with van der Waals surface area (Å²) in [6.07, 6.45) is 4.51. The normalized spacial score (nSPS) is 9.79. The Balaban J connectivity index is 3.17. The van der Waals surface area contributed by atoms with E-state index in [9.17, 15) is 0 Å². The van der Waals surface area contributed by atoms with Gasteiger partial charge in [-0.1, -0.05) is 6.92 Å². The number of nitriles is 2. The van der Waals surface area contributed by atoms with Gasteiger partial charge >= 0.3 is 0 Å². The molecule has 0 unspecified atom stereocenters. The molecule has 0 aliphatic carbocycles. The lowest BCUT2D eigenvalue weighted by Gasteiger charge is -2.00. The average Bonchev–Trinajstić information content (AvgIpc) is 2.62. The van der Waals surface area contributed by atoms with Crippen LogP contribution in [0.1, 0.15) is 25.7 Å². The number of imidazole rings is 1. The predicted octanol–water partition coefficient (Wildman–Crippen LogP) is 0.946. The molecule has 0 aromatic carbocycles. The van der Waals surface area contributed by atoms with Crippen molar-refractivity contribution in [3.8, 4) is 12.1 Å². The maximum Gasteiger partial charge on any atom is 0.272 e. The third kappa shape index (κ3) is 1.60. The van der Waals surface area contributed by atoms with Gasteiger partial charge in [0.25, 0.3) is 11.9 Å². The molecule has 4 nitrogen and oxygen atoms in total. The van der Waals surface area contributed by atoms with Gasteiger partial charge < -0.3 is 0 Å². The molecular weight excluding hydrogens is 176 g/mol. The van der Waals surface area contributed by atoms with Crippen LogP contribution in [-0.4, -0.2) is 4.57 Å². The van der Waals surface area contributed by atoms with Gasteiger partial charge in [-0.2, -0.15) is 10.5 Å². The van der Waals surface area contributed by atoms with Gasteiger partial charge in [0.2, 0.25) is 0 Å². The van der Waals surface area contributed by atoms with Crippen LogP contribution in [0.25, 0.3) is 0 Å². The molecule has 0 N–H and O–H groups in total. The summed E-state index contributed by atoms with van der Waals surface area (Å²) in [7, 11) is 0. The third-order valence-electron chi connectivity index (χ3n) is 2.22. The van der Waals surface area contributed by atoms with Gasteiger partial charge in [-0.05, 0) is 6.92 Å². The van der Waals surface area contributed by atoms with Gasteiger partial charge in [-0.25, -0.2) is 9.13 Å². The van der Waals surface area contributed by atoms with Crippen molar-refractivity contribution in [2.24, 2.45) is 0 Å². The summed E-state index contributed by atoms with van der Waals surface area (Å²) < 4.78 is 3.77. The second-order valence-corrected chi connectivity index (χ2v) is 2.92. The van der Waals surface area contributed by atoms with Gasteiger partial charge in [0, 0.05) is 6.42 Å². The number of hydrogen-bond donors (Lipinski definition) is 0. The molecule has 0 aliphatic heterocycles. The molecule has 0 amide bonds. The Morgan fingerprint density at radius 2 is 2.07 bits per heavy atom. The number of aryl methyl sites for hydroxylation is 1. The lowest BCUT2D eigenvalue weighted by Crippen LogP contribution is -2.36. The van der Waals surface area contributed by atoms with E-state index in [1.807, 2.05) is 36.7 Å². The Kier molecular flexibility index (Phi) is 3.25. The van der Waals surface area contributed by atoms with Crippen molar-refractivity contribution < 1.29 is 4.57 Å². The summed E-state index contributed by atoms with van der Waals surface area (Å²) in [4.78, 5) is 0. The minimum atomic E-state index is -0.710. The van der Waals surface area contributed by atoms with Crippen LogP contribution in [0.15, 0.2) is 12.4 Å². The Labute approximate surface area is 83.6 Å². The van der Waals surface area contributed by atoms with Crippen LogP contribution < -0.4 is 4.57 Å². The molecule has 0 aliphatic rings. The first-order chi connectivity index (χ1) is 6.78. The van der Waals surface area contributed by atoms with Crippen molar-refractivity contribution in [3.05, 3.63) is 18.2 Å². The van der Waals surface area contributed by atoms with Crippen molar-refractivity contribution in [3.63, 3.8) is 0 Å². The second-order valence-electron chi connectivity index (χ2n) is 2.92. The van der Waals surface area contributed by atoms with E-state index in [1.54, 1.807) is 10.8 Å². The van der Waals surface area contributed by atoms with Gasteiger partial charge in [0.05, 0.1) is 6.54 Å². The van der Waals surface area contributed by atoms with Gasteiger partial charge in [0.15, 0.2) is 0 Å². The summed E-state index contributed by atoms with van der Waals surface area (Å²) in [6.45, 7) is 4.92. The van der Waals surface area contributed by atoms with Crippen LogP contribution in [0.3, 0.4) is 0 Å². The van der Waals surface area contributed by atoms with Crippen LogP contribution in [0.4, 0.5) is 0 Å². The van der Waals surface area contributed by atoms with Crippen molar-refractivity contribution in [1.82, 2.24) is 4.57 Å². The SMILES string of the molecule is CCc1n(C(C#N)C#N)cc[n+]1CC. The molecule has 4 heteroatoms. The summed E-state index contributed by atoms with van der Waals surface area (Å²) >= 11 is 0. The summed E-state index contributed by atoms with van der Waals surface area (Å²) in [5.41, 5.74) is 0. The summed E-state index contributed by atoms with van der Waals surface area (Å²) in [5, 5.41) is 17.6. The maximum absolute atomic E-state index is 8.78. The molecule has 0 bridgehead atoms. The highest BCUT2D eigenvalue weighted by Crippen LogP contribution is 2.07. The zero-order valence-corrected chi connectivity index (χ0v) is 8.44. The first-order valence-electron chi connectivity index (χ1n) is 4.66. The van der Waals surface area contributed by atoms with E-state index in [0.717, 1.165) is 18.8 Å². The van der Waals surface area contributed by atoms with Gasteiger partial charge in [0.1, 0.15) is 24.5 Å². The highest BCUT2D eigenvalue weighted by atomic mass is 15.2. The van der Waals surface area contributed by atoms with E-state index in [2.05, 4.69) is 0 Å². The van der Waals surface area contributed by atoms with Crippen molar-refractivity contribution in [2.45, 2.75) is 32.9 Å². The molecule has 1 aromatic rings. The molecule has 1 aromatic heterocycles. The van der Waals surface area contributed by atoms with Gasteiger partial charge in [-0.15, -0.1) is 0 Å². The molecule has 0 saturated carbocycles. The lowest BCUT2D eigenvalue weighted by atomic mass is 10.3. The van der Waals surface area contributed by atoms with E-state index >= 15 is 0 Å². The maximum atomic E-state index is 8.78. The largest absolute Gasteiger partial charge is 0.272 e. The molecule has 14 heavy (non-hydrogen) atoms. The molecular formula is C10H13N4+. The molecule has 0 saturated heterocycles. The molecule has 0 spiro atoms. The van der Waals surface area contributed by atoms with Crippen LogP contribution in [-0.2, 0) is 13.0 Å². The molecule has 0 fully saturated rings. The Hall–Kier alpha value is -1.81. The highest BCUT2D eigenvalue weighted by Gasteiger charge is 2.21. The fourth-order valence-electron chi connectivity index (χ4n) is 1.53. The smallest absolute Gasteiger partial charge is 0.234 e. The number of nitrogens with zero attached hydrogens (tertiary/aromatic N) is 4. The number of aromatic nitrogens is 2. The van der Waals surface area contributed by atoms with E-state index < -0.39 is 6.04 Å². The first-order valence-corrected chi connectivity index (χ1v) is 4.66. The zero-order valence-electron chi connectivity index (χ0n) is 8.44. The second kappa shape index (κ2) is 4.43. The topological polar surface area (TPSA) is 56.4 Å². The fourth-order valence-corrected chi connectivity index (χ4v) is 1.53. The highest BCUT2D eigenvalue weighted by molar-refractivity contribution is 5.08. The Morgan fingerprint density at radius 1 is 1.43 bits per heavy atom. The summed E-state index contributed by atoms with van der Waals surface area (Å²) in [5.74, 6) is 1.01. The lowest BCUT2D eigenvalue weighted by molar-refractivity contribution is -0.700. The van der Waals surface area contributed by atoms with Crippen LogP contribution in [0.5, 0.6) is 0 Å². The van der Waals surface area contributed by atoms with Crippen molar-refractivity contribution in [1.29, 1.82) is 10.5 Å². The standard InChI is InChI=1S/C10H13N4/c1-3-10-13(4-2)5-6-14(10)9(7-11)8-12/h5-6,9H,3-4H2,1-2H3/q+1. The van der Waals surface area contributed by atoms with Crippen LogP contribution in [0.2, 0.25) is 0 Å². The molecule has 1 heterocycles. The first kappa shape index (κ1) is 10.3. The molecule has 0 radical (unpaired) electrons. The Morgan fingerprint density at radius 3 is 2.50 bits per heavy atom. The van der Waals surface area contributed by atoms with Crippen LogP contribution >= 0.6 is 0 Å². The zero-order chi connectivity index (χ0) is 10.6. The van der Waals surface area contributed by atoms with Crippen LogP contribution in [0, 0.1) is 22.7 Å². The fraction of sp³-hybridized carbons (Fsp3) is 0.500. The predicted molar refractivity (Wildman–Crippen MR) is 49.9 cm³/mol. The molecule has 1 rings (SSSR count). The van der Waals surface area contributed by atoms with E-state index in [0.29, 0.717) is 0 Å². The number of hydrogen-bond acceptors (Lipinski definition) is 2. The van der Waals surface area contributed by atoms with Gasteiger partial charge in [-0.3, -0.25) is 0 Å². The summed E-state index contributed by atoms with van der Waals surface area (Å²) in [6, 6.07) is 3.23. The number of rotatable bonds is 3. The minimum absolute atomic E-state index is 0.710. The molecule has 0 atom stereocenters.